The largest absolute Gasteiger partial charge is 0.497 e. The van der Waals surface area contributed by atoms with Crippen LogP contribution in [0.15, 0.2) is 41.6 Å². The molecule has 0 amide bonds. The molecule has 2 N–H and O–H groups in total. The van der Waals surface area contributed by atoms with Crippen LogP contribution in [0, 0.1) is 0 Å². The van der Waals surface area contributed by atoms with Gasteiger partial charge in [-0.25, -0.2) is 13.9 Å². The molecule has 7 heteroatoms. The fourth-order valence-electron chi connectivity index (χ4n) is 2.05. The van der Waals surface area contributed by atoms with Gasteiger partial charge < -0.3 is 10.5 Å². The maximum Gasteiger partial charge on any atom is 0.350 e. The Morgan fingerprint density at radius 2 is 2.20 bits per heavy atom. The Kier molecular flexibility index (Phi) is 2.86. The van der Waals surface area contributed by atoms with E-state index in [1.807, 2.05) is 6.07 Å². The molecule has 102 valence electrons. The number of nitrogens with zero attached hydrogens (tertiary/aromatic N) is 4. The van der Waals surface area contributed by atoms with Gasteiger partial charge in [0.2, 0.25) is 0 Å². The fourth-order valence-corrected chi connectivity index (χ4v) is 2.05. The second kappa shape index (κ2) is 4.69. The molecule has 0 bridgehead atoms. The summed E-state index contributed by atoms with van der Waals surface area (Å²) in [5.41, 5.74) is 7.52. The Bertz CT molecular complexity index is 821. The Labute approximate surface area is 114 Å². The molecule has 7 nitrogen and oxygen atoms in total. The monoisotopic (exact) mass is 271 g/mol. The number of rotatable bonds is 3. The van der Waals surface area contributed by atoms with E-state index in [-0.39, 0.29) is 5.69 Å². The van der Waals surface area contributed by atoms with Gasteiger partial charge in [0.05, 0.1) is 19.9 Å². The van der Waals surface area contributed by atoms with Gasteiger partial charge in [-0.15, -0.1) is 5.10 Å². The first-order valence-corrected chi connectivity index (χ1v) is 6.00. The van der Waals surface area contributed by atoms with Gasteiger partial charge in [0.15, 0.2) is 5.65 Å². The summed E-state index contributed by atoms with van der Waals surface area (Å²) in [6, 6.07) is 5.34. The van der Waals surface area contributed by atoms with E-state index in [4.69, 9.17) is 10.5 Å². The molecule has 0 spiro atoms. The number of hydrogen-bond donors (Lipinski definition) is 1. The van der Waals surface area contributed by atoms with E-state index in [0.717, 1.165) is 5.56 Å². The van der Waals surface area contributed by atoms with E-state index in [9.17, 15) is 4.79 Å². The normalized spacial score (nSPS) is 10.8. The van der Waals surface area contributed by atoms with E-state index in [0.29, 0.717) is 23.6 Å². The SMILES string of the molecule is COc1cc(N)cc(Cn2nc3cnccn3c2=O)c1. The highest BCUT2D eigenvalue weighted by atomic mass is 16.5. The summed E-state index contributed by atoms with van der Waals surface area (Å²) in [6.45, 7) is 0.321. The van der Waals surface area contributed by atoms with Crippen molar-refractivity contribution in [2.75, 3.05) is 12.8 Å². The predicted octanol–water partition coefficient (Wildman–Crippen LogP) is 0.530. The van der Waals surface area contributed by atoms with Crippen LogP contribution in [-0.4, -0.2) is 26.3 Å². The van der Waals surface area contributed by atoms with Gasteiger partial charge in [-0.1, -0.05) is 0 Å². The van der Waals surface area contributed by atoms with Crippen LogP contribution in [-0.2, 0) is 6.54 Å². The van der Waals surface area contributed by atoms with Gasteiger partial charge in [0.25, 0.3) is 0 Å². The minimum absolute atomic E-state index is 0.219. The number of nitrogen functional groups attached to an aromatic ring is 1. The number of methoxy groups -OCH3 is 1. The summed E-state index contributed by atoms with van der Waals surface area (Å²) >= 11 is 0. The lowest BCUT2D eigenvalue weighted by Crippen LogP contribution is -2.21. The standard InChI is InChI=1S/C13H13N5O2/c1-20-11-5-9(4-10(14)6-11)8-18-13(19)17-3-2-15-7-12(17)16-18/h2-7H,8,14H2,1H3. The quantitative estimate of drug-likeness (QED) is 0.702. The molecule has 0 saturated carbocycles. The van der Waals surface area contributed by atoms with Gasteiger partial charge in [-0.05, 0) is 17.7 Å². The van der Waals surface area contributed by atoms with Crippen LogP contribution in [0.2, 0.25) is 0 Å². The molecule has 0 aliphatic carbocycles. The molecule has 0 saturated heterocycles. The average Bonchev–Trinajstić information content (AvgIpc) is 2.75. The Morgan fingerprint density at radius 3 is 2.95 bits per heavy atom. The minimum atomic E-state index is -0.219. The predicted molar refractivity (Wildman–Crippen MR) is 73.8 cm³/mol. The summed E-state index contributed by atoms with van der Waals surface area (Å²) in [6.07, 6.45) is 4.67. The van der Waals surface area contributed by atoms with E-state index in [1.165, 1.54) is 15.3 Å². The van der Waals surface area contributed by atoms with E-state index < -0.39 is 0 Å². The molecule has 20 heavy (non-hydrogen) atoms. The summed E-state index contributed by atoms with van der Waals surface area (Å²) < 4.78 is 7.97. The second-order valence-corrected chi connectivity index (χ2v) is 4.36. The van der Waals surface area contributed by atoms with E-state index in [2.05, 4.69) is 10.1 Å². The topological polar surface area (TPSA) is 87.4 Å². The number of ether oxygens (including phenoxy) is 1. The number of aromatic nitrogens is 4. The molecule has 3 aromatic rings. The van der Waals surface area contributed by atoms with Gasteiger partial charge in [0, 0.05) is 24.1 Å². The second-order valence-electron chi connectivity index (χ2n) is 4.36. The van der Waals surface area contributed by atoms with Crippen LogP contribution in [0.5, 0.6) is 5.75 Å². The van der Waals surface area contributed by atoms with Gasteiger partial charge >= 0.3 is 5.69 Å². The fraction of sp³-hybridized carbons (Fsp3) is 0.154. The van der Waals surface area contributed by atoms with Crippen molar-refractivity contribution in [3.05, 3.63) is 52.8 Å². The smallest absolute Gasteiger partial charge is 0.350 e. The zero-order valence-electron chi connectivity index (χ0n) is 10.9. The molecule has 2 heterocycles. The summed E-state index contributed by atoms with van der Waals surface area (Å²) in [5.74, 6) is 0.651. The highest BCUT2D eigenvalue weighted by molar-refractivity contribution is 5.47. The lowest BCUT2D eigenvalue weighted by atomic mass is 10.2. The van der Waals surface area contributed by atoms with Crippen LogP contribution in [0.1, 0.15) is 5.56 Å². The lowest BCUT2D eigenvalue weighted by molar-refractivity contribution is 0.414. The Morgan fingerprint density at radius 1 is 1.35 bits per heavy atom. The molecule has 0 aliphatic rings. The minimum Gasteiger partial charge on any atom is -0.497 e. The molecular weight excluding hydrogens is 258 g/mol. The van der Waals surface area contributed by atoms with Crippen LogP contribution in [0.4, 0.5) is 5.69 Å². The zero-order chi connectivity index (χ0) is 14.1. The molecule has 3 rings (SSSR count). The maximum absolute atomic E-state index is 12.1. The van der Waals surface area contributed by atoms with Crippen LogP contribution in [0.3, 0.4) is 0 Å². The lowest BCUT2D eigenvalue weighted by Gasteiger charge is -2.06. The first-order valence-electron chi connectivity index (χ1n) is 6.00. The summed E-state index contributed by atoms with van der Waals surface area (Å²) in [7, 11) is 1.57. The first-order chi connectivity index (χ1) is 9.67. The van der Waals surface area contributed by atoms with Gasteiger partial charge in [-0.3, -0.25) is 4.98 Å². The van der Waals surface area contributed by atoms with Gasteiger partial charge in [-0.2, -0.15) is 0 Å². The van der Waals surface area contributed by atoms with Crippen molar-refractivity contribution in [3.8, 4) is 5.75 Å². The van der Waals surface area contributed by atoms with E-state index in [1.54, 1.807) is 31.6 Å². The summed E-state index contributed by atoms with van der Waals surface area (Å²) in [5, 5.41) is 4.22. The third kappa shape index (κ3) is 2.09. The molecule has 0 fully saturated rings. The number of benzene rings is 1. The van der Waals surface area contributed by atoms with Crippen molar-refractivity contribution in [2.24, 2.45) is 0 Å². The van der Waals surface area contributed by atoms with Crippen molar-refractivity contribution in [1.29, 1.82) is 0 Å². The maximum atomic E-state index is 12.1. The number of nitrogens with two attached hydrogens (primary N) is 1. The van der Waals surface area contributed by atoms with Crippen molar-refractivity contribution < 1.29 is 4.74 Å². The van der Waals surface area contributed by atoms with Crippen molar-refractivity contribution in [1.82, 2.24) is 19.2 Å². The van der Waals surface area contributed by atoms with Crippen molar-refractivity contribution >= 4 is 11.3 Å². The van der Waals surface area contributed by atoms with Gasteiger partial charge in [0.1, 0.15) is 5.75 Å². The number of hydrogen-bond acceptors (Lipinski definition) is 5. The van der Waals surface area contributed by atoms with Crippen LogP contribution in [0.25, 0.3) is 5.65 Å². The highest BCUT2D eigenvalue weighted by Crippen LogP contribution is 2.18. The molecule has 1 aromatic carbocycles. The molecule has 0 unspecified atom stereocenters. The van der Waals surface area contributed by atoms with Crippen LogP contribution >= 0.6 is 0 Å². The van der Waals surface area contributed by atoms with Crippen molar-refractivity contribution in [2.45, 2.75) is 6.54 Å². The Hall–Kier alpha value is -2.83. The van der Waals surface area contributed by atoms with Crippen molar-refractivity contribution in [3.63, 3.8) is 0 Å². The van der Waals surface area contributed by atoms with Crippen LogP contribution < -0.4 is 16.2 Å². The first kappa shape index (κ1) is 12.2. The molecule has 2 aromatic heterocycles. The number of anilines is 1. The molecular formula is C13H13N5O2. The average molecular weight is 271 g/mol. The zero-order valence-corrected chi connectivity index (χ0v) is 10.9. The molecule has 0 atom stereocenters. The third-order valence-electron chi connectivity index (χ3n) is 2.95. The highest BCUT2D eigenvalue weighted by Gasteiger charge is 2.08. The Balaban J connectivity index is 2.03. The molecule has 0 aliphatic heterocycles. The third-order valence-corrected chi connectivity index (χ3v) is 2.95. The summed E-state index contributed by atoms with van der Waals surface area (Å²) in [4.78, 5) is 16.1. The number of fused-ring (bicyclic) bond motifs is 1. The van der Waals surface area contributed by atoms with E-state index >= 15 is 0 Å². The molecule has 0 radical (unpaired) electrons.